The van der Waals surface area contributed by atoms with Crippen molar-refractivity contribution in [2.24, 2.45) is 11.8 Å². The number of halogens is 1. The number of aromatic nitrogens is 1. The summed E-state index contributed by atoms with van der Waals surface area (Å²) >= 11 is 1.21. The molecule has 0 radical (unpaired) electrons. The van der Waals surface area contributed by atoms with E-state index in [1.165, 1.54) is 30.2 Å². The second kappa shape index (κ2) is 11.4. The molecule has 1 aromatic carbocycles. The lowest BCUT2D eigenvalue weighted by Gasteiger charge is -2.39. The van der Waals surface area contributed by atoms with E-state index in [0.717, 1.165) is 52.0 Å². The third-order valence-electron chi connectivity index (χ3n) is 6.81. The molecule has 2 aromatic rings. The lowest BCUT2D eigenvalue weighted by atomic mass is 9.88. The number of nitrogens with one attached hydrogen (secondary N) is 3. The van der Waals surface area contributed by atoms with Gasteiger partial charge in [0.05, 0.1) is 10.6 Å². The van der Waals surface area contributed by atoms with E-state index in [1.54, 1.807) is 19.1 Å². The Hall–Kier alpha value is -2.36. The molecule has 2 amide bonds. The molecule has 2 fully saturated rings. The van der Waals surface area contributed by atoms with Crippen molar-refractivity contribution < 1.29 is 14.0 Å². The van der Waals surface area contributed by atoms with Gasteiger partial charge in [0.15, 0.2) is 10.9 Å². The quantitative estimate of drug-likeness (QED) is 0.517. The number of Topliss-reactive ketones (excluding diaryl/α,β-unsaturated/α-hetero) is 1. The van der Waals surface area contributed by atoms with E-state index in [-0.39, 0.29) is 23.7 Å². The molecule has 1 aromatic heterocycles. The number of hydrogen-bond donors (Lipinski definition) is 3. The van der Waals surface area contributed by atoms with Crippen molar-refractivity contribution in [1.29, 1.82) is 0 Å². The van der Waals surface area contributed by atoms with Crippen molar-refractivity contribution in [2.75, 3.05) is 38.0 Å². The number of aryl methyl sites for hydroxylation is 1. The molecule has 184 valence electrons. The van der Waals surface area contributed by atoms with Gasteiger partial charge in [-0.05, 0) is 75.2 Å². The first-order chi connectivity index (χ1) is 16.4. The van der Waals surface area contributed by atoms with Crippen LogP contribution in [0.4, 0.5) is 14.3 Å². The van der Waals surface area contributed by atoms with Crippen LogP contribution in [0, 0.1) is 24.6 Å². The predicted octanol–water partition coefficient (Wildman–Crippen LogP) is 3.85. The number of amides is 2. The number of hydrogen-bond acceptors (Lipinski definition) is 6. The summed E-state index contributed by atoms with van der Waals surface area (Å²) in [6, 6.07) is 6.61. The van der Waals surface area contributed by atoms with Crippen LogP contribution >= 0.6 is 11.3 Å². The Morgan fingerprint density at radius 3 is 2.79 bits per heavy atom. The van der Waals surface area contributed by atoms with E-state index >= 15 is 0 Å². The minimum absolute atomic E-state index is 0.0274. The molecule has 2 aliphatic rings. The number of likely N-dealkylation sites (tertiary alicyclic amines) is 1. The number of urea groups is 1. The topological polar surface area (TPSA) is 86.4 Å². The first-order valence-corrected chi connectivity index (χ1v) is 12.9. The minimum atomic E-state index is -0.282. The Kier molecular flexibility index (Phi) is 8.28. The van der Waals surface area contributed by atoms with Crippen LogP contribution in [0.25, 0.3) is 0 Å². The van der Waals surface area contributed by atoms with Gasteiger partial charge in [-0.25, -0.2) is 14.2 Å². The van der Waals surface area contributed by atoms with Gasteiger partial charge in [-0.2, -0.15) is 0 Å². The minimum Gasteiger partial charge on any atom is -0.333 e. The Morgan fingerprint density at radius 1 is 1.26 bits per heavy atom. The molecule has 3 atom stereocenters. The predicted molar refractivity (Wildman–Crippen MR) is 133 cm³/mol. The molecule has 3 heterocycles. The van der Waals surface area contributed by atoms with E-state index in [1.807, 2.05) is 12.1 Å². The summed E-state index contributed by atoms with van der Waals surface area (Å²) in [5.74, 6) is 0.702. The van der Waals surface area contributed by atoms with Crippen LogP contribution in [0.1, 0.15) is 47.1 Å². The average molecular weight is 488 g/mol. The number of rotatable bonds is 7. The second-order valence-electron chi connectivity index (χ2n) is 9.55. The molecule has 3 N–H and O–H groups in total. The van der Waals surface area contributed by atoms with Gasteiger partial charge in [0, 0.05) is 32.6 Å². The van der Waals surface area contributed by atoms with Gasteiger partial charge in [-0.15, -0.1) is 0 Å². The summed E-state index contributed by atoms with van der Waals surface area (Å²) in [5.41, 5.74) is 1.84. The molecule has 0 saturated carbocycles. The zero-order chi connectivity index (χ0) is 24.1. The van der Waals surface area contributed by atoms with Gasteiger partial charge < -0.3 is 15.5 Å². The summed E-state index contributed by atoms with van der Waals surface area (Å²) in [5, 5.41) is 9.77. The molecule has 7 nitrogen and oxygen atoms in total. The Bertz CT molecular complexity index is 996. The van der Waals surface area contributed by atoms with E-state index < -0.39 is 0 Å². The number of thiazole rings is 1. The first-order valence-electron chi connectivity index (χ1n) is 12.1. The van der Waals surface area contributed by atoms with Crippen LogP contribution in [0.3, 0.4) is 0 Å². The summed E-state index contributed by atoms with van der Waals surface area (Å²) in [6.45, 7) is 8.04. The van der Waals surface area contributed by atoms with Crippen LogP contribution in [0.2, 0.25) is 0 Å². The van der Waals surface area contributed by atoms with Crippen molar-refractivity contribution >= 4 is 28.3 Å². The highest BCUT2D eigenvalue weighted by Gasteiger charge is 2.30. The summed E-state index contributed by atoms with van der Waals surface area (Å²) in [6.07, 6.45) is 4.34. The van der Waals surface area contributed by atoms with Crippen LogP contribution in [-0.4, -0.2) is 60.5 Å². The standard InChI is InChI=1S/C25H34FN5O2S/c1-16-23(17(2)32)34-25(28-16)30-24(33)29-22-13-27-10-9-20(22)15-31-11-3-4-19(14-31)12-18-5-7-21(26)8-6-18/h5-8,19-20,22,27H,3-4,9-15H2,1-2H3,(H2,28,29,30,33)/t19-,20-,22-/m0/s1. The van der Waals surface area contributed by atoms with Crippen molar-refractivity contribution in [3.8, 4) is 0 Å². The average Bonchev–Trinajstić information content (AvgIpc) is 3.17. The zero-order valence-corrected chi connectivity index (χ0v) is 20.7. The van der Waals surface area contributed by atoms with Crippen LogP contribution in [0.15, 0.2) is 24.3 Å². The van der Waals surface area contributed by atoms with E-state index in [4.69, 9.17) is 0 Å². The fraction of sp³-hybridized carbons (Fsp3) is 0.560. The molecule has 0 spiro atoms. The Balaban J connectivity index is 1.30. The normalized spacial score (nSPS) is 23.4. The fourth-order valence-corrected chi connectivity index (χ4v) is 6.00. The summed E-state index contributed by atoms with van der Waals surface area (Å²) < 4.78 is 13.2. The van der Waals surface area contributed by atoms with Crippen LogP contribution in [-0.2, 0) is 6.42 Å². The van der Waals surface area contributed by atoms with Crippen molar-refractivity contribution in [2.45, 2.75) is 45.6 Å². The number of piperidine rings is 2. The van der Waals surface area contributed by atoms with E-state index in [0.29, 0.717) is 27.5 Å². The molecule has 34 heavy (non-hydrogen) atoms. The molecular formula is C25H34FN5O2S. The van der Waals surface area contributed by atoms with Gasteiger partial charge in [-0.3, -0.25) is 10.1 Å². The highest BCUT2D eigenvalue weighted by molar-refractivity contribution is 7.17. The molecule has 4 rings (SSSR count). The van der Waals surface area contributed by atoms with Crippen LogP contribution in [0.5, 0.6) is 0 Å². The third-order valence-corrected chi connectivity index (χ3v) is 7.99. The van der Waals surface area contributed by atoms with Crippen molar-refractivity contribution in [3.63, 3.8) is 0 Å². The third kappa shape index (κ3) is 6.61. The largest absolute Gasteiger partial charge is 0.333 e. The number of carbonyl (C=O) groups excluding carboxylic acids is 2. The van der Waals surface area contributed by atoms with Crippen molar-refractivity contribution in [3.05, 3.63) is 46.2 Å². The number of nitrogens with zero attached hydrogens (tertiary/aromatic N) is 2. The maximum Gasteiger partial charge on any atom is 0.321 e. The molecule has 9 heteroatoms. The van der Waals surface area contributed by atoms with Gasteiger partial charge in [0.2, 0.25) is 0 Å². The Labute approximate surface area is 204 Å². The summed E-state index contributed by atoms with van der Waals surface area (Å²) in [7, 11) is 0. The van der Waals surface area contributed by atoms with Crippen LogP contribution < -0.4 is 16.0 Å². The smallest absolute Gasteiger partial charge is 0.321 e. The zero-order valence-electron chi connectivity index (χ0n) is 19.9. The number of benzene rings is 1. The molecule has 0 unspecified atom stereocenters. The highest BCUT2D eigenvalue weighted by atomic mass is 32.1. The van der Waals surface area contributed by atoms with E-state index in [9.17, 15) is 14.0 Å². The van der Waals surface area contributed by atoms with Crippen molar-refractivity contribution in [1.82, 2.24) is 20.5 Å². The maximum atomic E-state index is 13.2. The lowest BCUT2D eigenvalue weighted by Crippen LogP contribution is -2.55. The van der Waals surface area contributed by atoms with Gasteiger partial charge in [-0.1, -0.05) is 23.5 Å². The fourth-order valence-electron chi connectivity index (χ4n) is 5.15. The monoisotopic (exact) mass is 487 g/mol. The highest BCUT2D eigenvalue weighted by Crippen LogP contribution is 2.25. The summed E-state index contributed by atoms with van der Waals surface area (Å²) in [4.78, 5) is 31.8. The number of ketones is 1. The lowest BCUT2D eigenvalue weighted by molar-refractivity contribution is 0.102. The molecule has 2 saturated heterocycles. The van der Waals surface area contributed by atoms with E-state index in [2.05, 4.69) is 25.8 Å². The SMILES string of the molecule is CC(=O)c1sc(NC(=O)N[C@H]2CNCC[C@H]2CN2CCC[C@@H](Cc3ccc(F)cc3)C2)nc1C. The Morgan fingerprint density at radius 2 is 2.06 bits per heavy atom. The number of carbonyl (C=O) groups is 2. The molecular weight excluding hydrogens is 453 g/mol. The molecule has 0 bridgehead atoms. The molecule has 0 aliphatic carbocycles. The van der Waals surface area contributed by atoms with Gasteiger partial charge >= 0.3 is 6.03 Å². The van der Waals surface area contributed by atoms with Gasteiger partial charge in [0.25, 0.3) is 0 Å². The molecule has 2 aliphatic heterocycles. The van der Waals surface area contributed by atoms with Gasteiger partial charge in [0.1, 0.15) is 5.82 Å². The maximum absolute atomic E-state index is 13.2. The first kappa shape index (κ1) is 24.8. The number of anilines is 1. The second-order valence-corrected chi connectivity index (χ2v) is 10.5.